The lowest BCUT2D eigenvalue weighted by Crippen LogP contribution is -2.09. The lowest BCUT2D eigenvalue weighted by atomic mass is 10.2. The molecule has 3 aromatic rings. The van der Waals surface area contributed by atoms with Crippen LogP contribution in [0.1, 0.15) is 5.56 Å². The minimum Gasteiger partial charge on any atom is -0.452 e. The molecule has 0 heterocycles. The number of ether oxygens (including phenoxy) is 1. The zero-order chi connectivity index (χ0) is 15.4. The van der Waals surface area contributed by atoms with Crippen molar-refractivity contribution in [3.8, 4) is 11.5 Å². The molecule has 1 unspecified atom stereocenters. The Bertz CT molecular complexity index is 797. The summed E-state index contributed by atoms with van der Waals surface area (Å²) in [5.41, 5.74) is 1.05. The van der Waals surface area contributed by atoms with Crippen molar-refractivity contribution in [2.75, 3.05) is 0 Å². The van der Waals surface area contributed by atoms with Crippen LogP contribution in [0.2, 0.25) is 0 Å². The van der Waals surface area contributed by atoms with Crippen LogP contribution in [0, 0.1) is 6.92 Å². The second-order valence-electron chi connectivity index (χ2n) is 4.97. The monoisotopic (exact) mass is 307 g/mol. The summed E-state index contributed by atoms with van der Waals surface area (Å²) in [6, 6.07) is 24.8. The maximum Gasteiger partial charge on any atom is 0.419 e. The van der Waals surface area contributed by atoms with Gasteiger partial charge in [-0.05, 0) is 42.8 Å². The molecular formula is C19H16O2P+. The lowest BCUT2D eigenvalue weighted by molar-refractivity contribution is 0.482. The number of benzene rings is 3. The molecule has 0 fully saturated rings. The topological polar surface area (TPSA) is 26.3 Å². The predicted octanol–water partition coefficient (Wildman–Crippen LogP) is 4.57. The van der Waals surface area contributed by atoms with Crippen molar-refractivity contribution in [3.63, 3.8) is 0 Å². The van der Waals surface area contributed by atoms with Crippen molar-refractivity contribution in [2.45, 2.75) is 6.92 Å². The van der Waals surface area contributed by atoms with Gasteiger partial charge in [-0.15, -0.1) is 0 Å². The Morgan fingerprint density at radius 1 is 0.727 bits per heavy atom. The number of hydrogen-bond donors (Lipinski definition) is 0. The third-order valence-corrected chi connectivity index (χ3v) is 4.96. The molecule has 0 saturated heterocycles. The Morgan fingerprint density at radius 3 is 2.05 bits per heavy atom. The van der Waals surface area contributed by atoms with E-state index >= 15 is 0 Å². The predicted molar refractivity (Wildman–Crippen MR) is 91.0 cm³/mol. The van der Waals surface area contributed by atoms with Gasteiger partial charge in [0.15, 0.2) is 11.1 Å². The average molecular weight is 307 g/mol. The molecule has 0 N–H and O–H groups in total. The first-order valence-electron chi connectivity index (χ1n) is 7.10. The van der Waals surface area contributed by atoms with Crippen LogP contribution in [0.25, 0.3) is 0 Å². The third-order valence-electron chi connectivity index (χ3n) is 3.39. The largest absolute Gasteiger partial charge is 0.452 e. The molecule has 1 atom stereocenters. The first-order chi connectivity index (χ1) is 10.8. The van der Waals surface area contributed by atoms with Gasteiger partial charge in [-0.25, -0.2) is 0 Å². The van der Waals surface area contributed by atoms with Gasteiger partial charge in [0.2, 0.25) is 5.30 Å². The maximum atomic E-state index is 12.8. The van der Waals surface area contributed by atoms with Crippen molar-refractivity contribution in [1.82, 2.24) is 0 Å². The highest BCUT2D eigenvalue weighted by Crippen LogP contribution is 2.30. The summed E-state index contributed by atoms with van der Waals surface area (Å²) >= 11 is 0. The summed E-state index contributed by atoms with van der Waals surface area (Å²) in [5, 5.41) is 1.52. The van der Waals surface area contributed by atoms with E-state index in [1.807, 2.05) is 85.8 Å². The lowest BCUT2D eigenvalue weighted by Gasteiger charge is -2.08. The van der Waals surface area contributed by atoms with E-state index in [-0.39, 0.29) is 0 Å². The first-order valence-corrected chi connectivity index (χ1v) is 8.36. The van der Waals surface area contributed by atoms with Crippen LogP contribution in [0.3, 0.4) is 0 Å². The zero-order valence-corrected chi connectivity index (χ0v) is 13.2. The van der Waals surface area contributed by atoms with Crippen LogP contribution in [0.15, 0.2) is 78.9 Å². The Kier molecular flexibility index (Phi) is 4.32. The highest BCUT2D eigenvalue weighted by molar-refractivity contribution is 7.61. The summed E-state index contributed by atoms with van der Waals surface area (Å²) in [4.78, 5) is 0. The van der Waals surface area contributed by atoms with Crippen molar-refractivity contribution in [1.29, 1.82) is 0 Å². The quantitative estimate of drug-likeness (QED) is 0.660. The normalized spacial score (nSPS) is 11.0. The molecule has 0 saturated carbocycles. The molecular weight excluding hydrogens is 291 g/mol. The summed E-state index contributed by atoms with van der Waals surface area (Å²) in [5.74, 6) is 1.42. The van der Waals surface area contributed by atoms with Gasteiger partial charge in [-0.2, -0.15) is 0 Å². The highest BCUT2D eigenvalue weighted by Gasteiger charge is 2.27. The van der Waals surface area contributed by atoms with Gasteiger partial charge in [0.05, 0.1) is 0 Å². The SMILES string of the molecule is Cc1ccccc1Oc1ccccc1[P+](=O)c1ccccc1. The van der Waals surface area contributed by atoms with Crippen LogP contribution < -0.4 is 15.3 Å². The van der Waals surface area contributed by atoms with Gasteiger partial charge in [0.1, 0.15) is 5.75 Å². The molecule has 0 amide bonds. The van der Waals surface area contributed by atoms with E-state index in [0.29, 0.717) is 11.1 Å². The number of aryl methyl sites for hydroxylation is 1. The van der Waals surface area contributed by atoms with Crippen LogP contribution in [0.4, 0.5) is 0 Å². The fourth-order valence-electron chi connectivity index (χ4n) is 2.20. The van der Waals surface area contributed by atoms with Crippen molar-refractivity contribution in [3.05, 3.63) is 84.4 Å². The summed E-state index contributed by atoms with van der Waals surface area (Å²) in [7, 11) is -1.67. The molecule has 3 heteroatoms. The Balaban J connectivity index is 1.97. The van der Waals surface area contributed by atoms with Gasteiger partial charge in [0, 0.05) is 0 Å². The van der Waals surface area contributed by atoms with E-state index in [1.165, 1.54) is 0 Å². The Hall–Kier alpha value is -2.44. The molecule has 0 aromatic heterocycles. The minimum atomic E-state index is -1.67. The summed E-state index contributed by atoms with van der Waals surface area (Å²) in [6.07, 6.45) is 0. The van der Waals surface area contributed by atoms with E-state index in [1.54, 1.807) is 0 Å². The smallest absolute Gasteiger partial charge is 0.419 e. The molecule has 0 bridgehead atoms. The maximum absolute atomic E-state index is 12.8. The van der Waals surface area contributed by atoms with E-state index in [0.717, 1.165) is 16.6 Å². The zero-order valence-electron chi connectivity index (χ0n) is 12.3. The van der Waals surface area contributed by atoms with E-state index < -0.39 is 7.80 Å². The highest BCUT2D eigenvalue weighted by atomic mass is 31.1. The molecule has 3 rings (SSSR count). The molecule has 108 valence electrons. The molecule has 3 aromatic carbocycles. The van der Waals surface area contributed by atoms with Gasteiger partial charge >= 0.3 is 7.80 Å². The summed E-state index contributed by atoms with van der Waals surface area (Å²) in [6.45, 7) is 2.00. The molecule has 2 nitrogen and oxygen atoms in total. The van der Waals surface area contributed by atoms with Crippen LogP contribution in [0.5, 0.6) is 11.5 Å². The van der Waals surface area contributed by atoms with Crippen molar-refractivity contribution < 1.29 is 9.30 Å². The van der Waals surface area contributed by atoms with Crippen molar-refractivity contribution in [2.24, 2.45) is 0 Å². The van der Waals surface area contributed by atoms with E-state index in [2.05, 4.69) is 0 Å². The first kappa shape index (κ1) is 14.5. The third kappa shape index (κ3) is 3.08. The molecule has 0 aliphatic heterocycles. The van der Waals surface area contributed by atoms with Crippen LogP contribution >= 0.6 is 7.80 Å². The number of hydrogen-bond acceptors (Lipinski definition) is 2. The van der Waals surface area contributed by atoms with Gasteiger partial charge in [-0.3, -0.25) is 0 Å². The fraction of sp³-hybridized carbons (Fsp3) is 0.0526. The van der Waals surface area contributed by atoms with E-state index in [4.69, 9.17) is 4.74 Å². The molecule has 0 spiro atoms. The number of rotatable bonds is 4. The van der Waals surface area contributed by atoms with Crippen molar-refractivity contribution >= 4 is 18.4 Å². The van der Waals surface area contributed by atoms with Gasteiger partial charge in [-0.1, -0.05) is 53.1 Å². The van der Waals surface area contributed by atoms with E-state index in [9.17, 15) is 4.57 Å². The molecule has 0 radical (unpaired) electrons. The Labute approximate surface area is 131 Å². The van der Waals surface area contributed by atoms with Crippen LogP contribution in [-0.2, 0) is 4.57 Å². The minimum absolute atomic E-state index is 0.641. The van der Waals surface area contributed by atoms with Gasteiger partial charge in [0.25, 0.3) is 0 Å². The van der Waals surface area contributed by atoms with Gasteiger partial charge < -0.3 is 4.74 Å². The second kappa shape index (κ2) is 6.55. The van der Waals surface area contributed by atoms with Crippen LogP contribution in [-0.4, -0.2) is 0 Å². The molecule has 22 heavy (non-hydrogen) atoms. The average Bonchev–Trinajstić information content (AvgIpc) is 2.58. The standard InChI is InChI=1S/C19H16O2P/c1-15-9-5-6-12-17(15)21-18-13-7-8-14-19(18)22(20)16-10-3-2-4-11-16/h2-14H,1H3/q+1. The molecule has 0 aliphatic rings. The second-order valence-corrected chi connectivity index (χ2v) is 6.55. The summed E-state index contributed by atoms with van der Waals surface area (Å²) < 4.78 is 18.8. The Morgan fingerprint density at radius 2 is 1.32 bits per heavy atom. The molecule has 0 aliphatic carbocycles. The fourth-order valence-corrected chi connectivity index (χ4v) is 3.47. The number of para-hydroxylation sites is 2.